The molecular weight excluding hydrogens is 228 g/mol. The van der Waals surface area contributed by atoms with E-state index in [1.165, 1.54) is 19.3 Å². The van der Waals surface area contributed by atoms with E-state index in [2.05, 4.69) is 49.6 Å². The van der Waals surface area contributed by atoms with Gasteiger partial charge in [0.15, 0.2) is 0 Å². The summed E-state index contributed by atoms with van der Waals surface area (Å²) in [5.41, 5.74) is 1.52. The first-order valence-corrected chi connectivity index (χ1v) is 7.10. The highest BCUT2D eigenvalue weighted by atomic mass is 14.4. The topological polar surface area (TPSA) is 0 Å². The molecule has 19 heavy (non-hydrogen) atoms. The fourth-order valence-electron chi connectivity index (χ4n) is 2.72. The van der Waals surface area contributed by atoms with Crippen LogP contribution in [0.4, 0.5) is 0 Å². The molecule has 0 bridgehead atoms. The first-order chi connectivity index (χ1) is 9.27. The maximum atomic E-state index is 3.75. The summed E-state index contributed by atoms with van der Waals surface area (Å²) < 4.78 is 0. The fourth-order valence-corrected chi connectivity index (χ4v) is 2.72. The SMILES string of the molecule is C=C/C=C/C(C)C1(CC#Cc2ccccc2)CCC1. The Bertz CT molecular complexity index is 492. The second-order valence-corrected chi connectivity index (χ2v) is 5.47. The molecule has 0 nitrogen and oxygen atoms in total. The Morgan fingerprint density at radius 3 is 2.63 bits per heavy atom. The van der Waals surface area contributed by atoms with Crippen LogP contribution < -0.4 is 0 Å². The average molecular weight is 250 g/mol. The highest BCUT2D eigenvalue weighted by molar-refractivity contribution is 5.34. The van der Waals surface area contributed by atoms with Crippen LogP contribution in [0.15, 0.2) is 55.1 Å². The number of allylic oxidation sites excluding steroid dienone is 3. The van der Waals surface area contributed by atoms with Gasteiger partial charge in [0.05, 0.1) is 0 Å². The summed E-state index contributed by atoms with van der Waals surface area (Å²) in [6.07, 6.45) is 11.2. The lowest BCUT2D eigenvalue weighted by Gasteiger charge is -2.44. The Labute approximate surface area is 117 Å². The van der Waals surface area contributed by atoms with E-state index in [0.29, 0.717) is 11.3 Å². The van der Waals surface area contributed by atoms with E-state index < -0.39 is 0 Å². The molecule has 0 aliphatic heterocycles. The van der Waals surface area contributed by atoms with Gasteiger partial charge in [-0.05, 0) is 36.3 Å². The third kappa shape index (κ3) is 3.38. The van der Waals surface area contributed by atoms with Crippen LogP contribution in [0.3, 0.4) is 0 Å². The third-order valence-electron chi connectivity index (χ3n) is 4.30. The lowest BCUT2D eigenvalue weighted by Crippen LogP contribution is -2.34. The first-order valence-electron chi connectivity index (χ1n) is 7.10. The second kappa shape index (κ2) is 6.43. The number of benzene rings is 1. The van der Waals surface area contributed by atoms with Gasteiger partial charge in [-0.25, -0.2) is 0 Å². The van der Waals surface area contributed by atoms with Crippen LogP contribution in [0.2, 0.25) is 0 Å². The van der Waals surface area contributed by atoms with Gasteiger partial charge in [-0.3, -0.25) is 0 Å². The molecule has 0 N–H and O–H groups in total. The molecule has 2 rings (SSSR count). The molecule has 98 valence electrons. The van der Waals surface area contributed by atoms with Crippen LogP contribution in [0.5, 0.6) is 0 Å². The molecule has 0 heteroatoms. The highest BCUT2D eigenvalue weighted by Gasteiger charge is 2.39. The number of hydrogen-bond donors (Lipinski definition) is 0. The van der Waals surface area contributed by atoms with Gasteiger partial charge >= 0.3 is 0 Å². The lowest BCUT2D eigenvalue weighted by atomic mass is 9.60. The second-order valence-electron chi connectivity index (χ2n) is 5.47. The first kappa shape index (κ1) is 13.7. The molecule has 0 heterocycles. The number of rotatable bonds is 4. The van der Waals surface area contributed by atoms with Crippen molar-refractivity contribution in [3.63, 3.8) is 0 Å². The largest absolute Gasteiger partial charge is 0.0991 e. The summed E-state index contributed by atoms with van der Waals surface area (Å²) in [7, 11) is 0. The zero-order chi connectivity index (χ0) is 13.6. The van der Waals surface area contributed by atoms with Gasteiger partial charge in [0, 0.05) is 12.0 Å². The Balaban J connectivity index is 2.02. The van der Waals surface area contributed by atoms with Crippen LogP contribution in [-0.2, 0) is 0 Å². The van der Waals surface area contributed by atoms with E-state index >= 15 is 0 Å². The van der Waals surface area contributed by atoms with Crippen LogP contribution >= 0.6 is 0 Å². The summed E-state index contributed by atoms with van der Waals surface area (Å²) in [6.45, 7) is 6.05. The minimum atomic E-state index is 0.404. The van der Waals surface area contributed by atoms with Gasteiger partial charge in [0.25, 0.3) is 0 Å². The van der Waals surface area contributed by atoms with Crippen molar-refractivity contribution in [1.82, 2.24) is 0 Å². The van der Waals surface area contributed by atoms with Gasteiger partial charge in [0.2, 0.25) is 0 Å². The van der Waals surface area contributed by atoms with Crippen LogP contribution in [0, 0.1) is 23.2 Å². The molecule has 0 saturated heterocycles. The van der Waals surface area contributed by atoms with Gasteiger partial charge in [-0.1, -0.05) is 68.2 Å². The Kier molecular flexibility index (Phi) is 4.63. The predicted octanol–water partition coefficient (Wildman–Crippen LogP) is 4.98. The maximum Gasteiger partial charge on any atom is 0.0245 e. The lowest BCUT2D eigenvalue weighted by molar-refractivity contribution is 0.0905. The quantitative estimate of drug-likeness (QED) is 0.522. The van der Waals surface area contributed by atoms with Gasteiger partial charge in [0.1, 0.15) is 0 Å². The van der Waals surface area contributed by atoms with E-state index in [1.54, 1.807) is 0 Å². The Hall–Kier alpha value is -1.74. The summed E-state index contributed by atoms with van der Waals surface area (Å²) in [4.78, 5) is 0. The van der Waals surface area contributed by atoms with Crippen molar-refractivity contribution < 1.29 is 0 Å². The van der Waals surface area contributed by atoms with Crippen molar-refractivity contribution >= 4 is 0 Å². The van der Waals surface area contributed by atoms with Crippen LogP contribution in [-0.4, -0.2) is 0 Å². The van der Waals surface area contributed by atoms with E-state index in [4.69, 9.17) is 0 Å². The molecule has 1 unspecified atom stereocenters. The van der Waals surface area contributed by atoms with Crippen molar-refractivity contribution in [2.24, 2.45) is 11.3 Å². The highest BCUT2D eigenvalue weighted by Crippen LogP contribution is 2.50. The summed E-state index contributed by atoms with van der Waals surface area (Å²) in [5.74, 6) is 7.26. The molecule has 1 aliphatic rings. The molecule has 0 aromatic heterocycles. The fraction of sp³-hybridized carbons (Fsp3) is 0.368. The molecule has 0 radical (unpaired) electrons. The van der Waals surface area contributed by atoms with Crippen LogP contribution in [0.1, 0.15) is 38.2 Å². The summed E-state index contributed by atoms with van der Waals surface area (Å²) >= 11 is 0. The summed E-state index contributed by atoms with van der Waals surface area (Å²) in [6, 6.07) is 10.3. The Morgan fingerprint density at radius 1 is 1.32 bits per heavy atom. The molecule has 1 aliphatic carbocycles. The molecular formula is C19H22. The van der Waals surface area contributed by atoms with Crippen LogP contribution in [0.25, 0.3) is 0 Å². The van der Waals surface area contributed by atoms with Crippen molar-refractivity contribution in [1.29, 1.82) is 0 Å². The summed E-state index contributed by atoms with van der Waals surface area (Å²) in [5, 5.41) is 0. The van der Waals surface area contributed by atoms with Crippen molar-refractivity contribution in [3.05, 3.63) is 60.7 Å². The third-order valence-corrected chi connectivity index (χ3v) is 4.30. The maximum absolute atomic E-state index is 3.75. The molecule has 0 spiro atoms. The number of hydrogen-bond acceptors (Lipinski definition) is 0. The molecule has 1 fully saturated rings. The average Bonchev–Trinajstić information content (AvgIpc) is 2.40. The van der Waals surface area contributed by atoms with E-state index in [9.17, 15) is 0 Å². The molecule has 1 saturated carbocycles. The van der Waals surface area contributed by atoms with Gasteiger partial charge in [-0.15, -0.1) is 0 Å². The molecule has 1 aromatic rings. The molecule has 0 amide bonds. The van der Waals surface area contributed by atoms with E-state index in [-0.39, 0.29) is 0 Å². The van der Waals surface area contributed by atoms with Gasteiger partial charge < -0.3 is 0 Å². The van der Waals surface area contributed by atoms with Crippen molar-refractivity contribution in [2.75, 3.05) is 0 Å². The van der Waals surface area contributed by atoms with E-state index in [1.807, 2.05) is 24.3 Å². The zero-order valence-corrected chi connectivity index (χ0v) is 11.7. The Morgan fingerprint density at radius 2 is 2.05 bits per heavy atom. The minimum absolute atomic E-state index is 0.404. The molecule has 1 atom stereocenters. The molecule has 1 aromatic carbocycles. The predicted molar refractivity (Wildman–Crippen MR) is 82.7 cm³/mol. The standard InChI is InChI=1S/C19H22/c1-3-4-10-17(2)19(15-9-16-19)14-8-13-18-11-6-5-7-12-18/h3-7,10-12,17H,1,9,14-16H2,2H3/b10-4+. The minimum Gasteiger partial charge on any atom is -0.0991 e. The van der Waals surface area contributed by atoms with Crippen molar-refractivity contribution in [3.8, 4) is 11.8 Å². The van der Waals surface area contributed by atoms with E-state index in [0.717, 1.165) is 12.0 Å². The monoisotopic (exact) mass is 250 g/mol. The van der Waals surface area contributed by atoms with Crippen molar-refractivity contribution in [2.45, 2.75) is 32.6 Å². The normalized spacial score (nSPS) is 18.2. The smallest absolute Gasteiger partial charge is 0.0245 e. The van der Waals surface area contributed by atoms with Gasteiger partial charge in [-0.2, -0.15) is 0 Å². The zero-order valence-electron chi connectivity index (χ0n) is 11.7.